The maximum absolute atomic E-state index is 10.2. The van der Waals surface area contributed by atoms with E-state index in [0.717, 1.165) is 11.1 Å². The molecule has 1 nitrogen and oxygen atoms in total. The molecule has 0 aromatic heterocycles. The molecule has 1 atom stereocenters. The molecule has 3 heteroatoms. The Balaban J connectivity index is 2.16. The zero-order chi connectivity index (χ0) is 13.1. The third-order valence-electron chi connectivity index (χ3n) is 2.82. The van der Waals surface area contributed by atoms with Crippen LogP contribution in [0.15, 0.2) is 42.5 Å². The van der Waals surface area contributed by atoms with E-state index in [9.17, 15) is 5.11 Å². The number of benzene rings is 2. The largest absolute Gasteiger partial charge is 0.388 e. The van der Waals surface area contributed by atoms with Gasteiger partial charge in [-0.3, -0.25) is 0 Å². The van der Waals surface area contributed by atoms with Crippen molar-refractivity contribution in [2.24, 2.45) is 0 Å². The normalized spacial score (nSPS) is 12.4. The van der Waals surface area contributed by atoms with Crippen molar-refractivity contribution in [2.45, 2.75) is 19.4 Å². The Kier molecular flexibility index (Phi) is 4.28. The lowest BCUT2D eigenvalue weighted by atomic mass is 10.0. The molecule has 2 rings (SSSR count). The fraction of sp³-hybridized carbons (Fsp3) is 0.200. The third kappa shape index (κ3) is 3.49. The Labute approximate surface area is 117 Å². The Hall–Kier alpha value is -1.02. The predicted octanol–water partition coefficient (Wildman–Crippen LogP) is 4.58. The molecule has 0 amide bonds. The lowest BCUT2D eigenvalue weighted by molar-refractivity contribution is 0.178. The van der Waals surface area contributed by atoms with Crippen LogP contribution in [0.4, 0.5) is 0 Å². The first-order chi connectivity index (χ1) is 8.54. The molecular weight excluding hydrogens is 267 g/mol. The standard InChI is InChI=1S/C15H14Cl2O/c1-10-2-4-11(5-3-10)6-15(18)12-7-13(16)9-14(17)8-12/h2-5,7-9,15,18H,6H2,1H3. The molecule has 0 saturated carbocycles. The zero-order valence-corrected chi connectivity index (χ0v) is 11.5. The number of rotatable bonds is 3. The van der Waals surface area contributed by atoms with Crippen molar-refractivity contribution in [1.82, 2.24) is 0 Å². The van der Waals surface area contributed by atoms with Crippen LogP contribution in [0, 0.1) is 6.92 Å². The lowest BCUT2D eigenvalue weighted by Gasteiger charge is -2.12. The van der Waals surface area contributed by atoms with Gasteiger partial charge in [0.25, 0.3) is 0 Å². The molecule has 2 aromatic carbocycles. The van der Waals surface area contributed by atoms with E-state index in [1.807, 2.05) is 31.2 Å². The van der Waals surface area contributed by atoms with Gasteiger partial charge >= 0.3 is 0 Å². The van der Waals surface area contributed by atoms with Gasteiger partial charge in [-0.05, 0) is 36.2 Å². The molecule has 94 valence electrons. The monoisotopic (exact) mass is 280 g/mol. The summed E-state index contributed by atoms with van der Waals surface area (Å²) in [5.41, 5.74) is 3.04. The fourth-order valence-electron chi connectivity index (χ4n) is 1.83. The minimum atomic E-state index is -0.594. The van der Waals surface area contributed by atoms with Gasteiger partial charge in [-0.1, -0.05) is 53.0 Å². The summed E-state index contributed by atoms with van der Waals surface area (Å²) in [6, 6.07) is 13.2. The van der Waals surface area contributed by atoms with Crippen LogP contribution in [0.5, 0.6) is 0 Å². The van der Waals surface area contributed by atoms with Gasteiger partial charge in [0.1, 0.15) is 0 Å². The van der Waals surface area contributed by atoms with Crippen molar-refractivity contribution in [3.05, 3.63) is 69.2 Å². The van der Waals surface area contributed by atoms with Gasteiger partial charge < -0.3 is 5.11 Å². The van der Waals surface area contributed by atoms with Crippen molar-refractivity contribution < 1.29 is 5.11 Å². The van der Waals surface area contributed by atoms with Gasteiger partial charge in [-0.15, -0.1) is 0 Å². The maximum Gasteiger partial charge on any atom is 0.0831 e. The average Bonchev–Trinajstić information content (AvgIpc) is 2.31. The highest BCUT2D eigenvalue weighted by atomic mass is 35.5. The molecule has 1 N–H and O–H groups in total. The summed E-state index contributed by atoms with van der Waals surface area (Å²) in [4.78, 5) is 0. The van der Waals surface area contributed by atoms with Crippen LogP contribution in [0.3, 0.4) is 0 Å². The molecular formula is C15H14Cl2O. The lowest BCUT2D eigenvalue weighted by Crippen LogP contribution is -2.01. The van der Waals surface area contributed by atoms with E-state index in [1.165, 1.54) is 5.56 Å². The molecule has 0 aliphatic heterocycles. The predicted molar refractivity (Wildman–Crippen MR) is 76.3 cm³/mol. The average molecular weight is 281 g/mol. The van der Waals surface area contributed by atoms with Gasteiger partial charge in [0.05, 0.1) is 6.10 Å². The maximum atomic E-state index is 10.2. The first-order valence-electron chi connectivity index (χ1n) is 5.74. The molecule has 18 heavy (non-hydrogen) atoms. The number of aliphatic hydroxyl groups is 1. The van der Waals surface area contributed by atoms with Crippen LogP contribution in [-0.2, 0) is 6.42 Å². The van der Waals surface area contributed by atoms with Gasteiger partial charge in [0.15, 0.2) is 0 Å². The summed E-state index contributed by atoms with van der Waals surface area (Å²) >= 11 is 11.8. The van der Waals surface area contributed by atoms with E-state index >= 15 is 0 Å². The smallest absolute Gasteiger partial charge is 0.0831 e. The van der Waals surface area contributed by atoms with Gasteiger partial charge in [0.2, 0.25) is 0 Å². The number of hydrogen-bond donors (Lipinski definition) is 1. The van der Waals surface area contributed by atoms with E-state index in [-0.39, 0.29) is 0 Å². The molecule has 0 heterocycles. The zero-order valence-electron chi connectivity index (χ0n) is 10.0. The van der Waals surface area contributed by atoms with Crippen LogP contribution in [0.2, 0.25) is 10.0 Å². The first-order valence-corrected chi connectivity index (χ1v) is 6.50. The summed E-state index contributed by atoms with van der Waals surface area (Å²) in [5, 5.41) is 11.3. The van der Waals surface area contributed by atoms with Crippen molar-refractivity contribution >= 4 is 23.2 Å². The van der Waals surface area contributed by atoms with Crippen molar-refractivity contribution in [1.29, 1.82) is 0 Å². The Morgan fingerprint density at radius 1 is 1.00 bits per heavy atom. The summed E-state index contributed by atoms with van der Waals surface area (Å²) in [6.45, 7) is 2.04. The topological polar surface area (TPSA) is 20.2 Å². The van der Waals surface area contributed by atoms with E-state index in [1.54, 1.807) is 18.2 Å². The van der Waals surface area contributed by atoms with Crippen molar-refractivity contribution in [3.8, 4) is 0 Å². The van der Waals surface area contributed by atoms with Crippen LogP contribution >= 0.6 is 23.2 Å². The number of hydrogen-bond acceptors (Lipinski definition) is 1. The fourth-order valence-corrected chi connectivity index (χ4v) is 2.38. The number of aryl methyl sites for hydroxylation is 1. The Bertz CT molecular complexity index is 514. The molecule has 0 fully saturated rings. The highest BCUT2D eigenvalue weighted by Gasteiger charge is 2.10. The molecule has 0 saturated heterocycles. The van der Waals surface area contributed by atoms with Gasteiger partial charge in [-0.2, -0.15) is 0 Å². The Morgan fingerprint density at radius 3 is 2.11 bits per heavy atom. The van der Waals surface area contributed by atoms with Crippen molar-refractivity contribution in [2.75, 3.05) is 0 Å². The van der Waals surface area contributed by atoms with Gasteiger partial charge in [-0.25, -0.2) is 0 Å². The van der Waals surface area contributed by atoms with Crippen molar-refractivity contribution in [3.63, 3.8) is 0 Å². The second kappa shape index (κ2) is 5.75. The van der Waals surface area contributed by atoms with E-state index in [4.69, 9.17) is 23.2 Å². The molecule has 0 bridgehead atoms. The SMILES string of the molecule is Cc1ccc(CC(O)c2cc(Cl)cc(Cl)c2)cc1. The summed E-state index contributed by atoms with van der Waals surface area (Å²) in [6.07, 6.45) is -0.0411. The Morgan fingerprint density at radius 2 is 1.56 bits per heavy atom. The van der Waals surface area contributed by atoms with E-state index in [2.05, 4.69) is 0 Å². The second-order valence-corrected chi connectivity index (χ2v) is 5.28. The van der Waals surface area contributed by atoms with Gasteiger partial charge in [0, 0.05) is 16.5 Å². The van der Waals surface area contributed by atoms with Crippen LogP contribution in [-0.4, -0.2) is 5.11 Å². The quantitative estimate of drug-likeness (QED) is 0.873. The molecule has 0 spiro atoms. The summed E-state index contributed by atoms with van der Waals surface area (Å²) in [7, 11) is 0. The molecule has 0 aliphatic carbocycles. The molecule has 0 radical (unpaired) electrons. The van der Waals surface area contributed by atoms with E-state index in [0.29, 0.717) is 16.5 Å². The van der Waals surface area contributed by atoms with Crippen LogP contribution in [0.25, 0.3) is 0 Å². The second-order valence-electron chi connectivity index (χ2n) is 4.41. The summed E-state index contributed by atoms with van der Waals surface area (Å²) in [5.74, 6) is 0. The van der Waals surface area contributed by atoms with Crippen LogP contribution in [0.1, 0.15) is 22.8 Å². The third-order valence-corrected chi connectivity index (χ3v) is 3.26. The van der Waals surface area contributed by atoms with E-state index < -0.39 is 6.10 Å². The first kappa shape index (κ1) is 13.4. The highest BCUT2D eigenvalue weighted by molar-refractivity contribution is 6.34. The molecule has 1 unspecified atom stereocenters. The van der Waals surface area contributed by atoms with Crippen LogP contribution < -0.4 is 0 Å². The number of halogens is 2. The minimum absolute atomic E-state index is 0.542. The molecule has 0 aliphatic rings. The minimum Gasteiger partial charge on any atom is -0.388 e. The number of aliphatic hydroxyl groups excluding tert-OH is 1. The molecule has 2 aromatic rings. The highest BCUT2D eigenvalue weighted by Crippen LogP contribution is 2.25. The summed E-state index contributed by atoms with van der Waals surface area (Å²) < 4.78 is 0.